The molecule has 6 nitrogen and oxygen atoms in total. The fourth-order valence-electron chi connectivity index (χ4n) is 1.38. The minimum atomic E-state index is -0.595. The molecule has 0 N–H and O–H groups in total. The predicted octanol–water partition coefficient (Wildman–Crippen LogP) is -1.65. The van der Waals surface area contributed by atoms with Gasteiger partial charge in [0.05, 0.1) is 21.1 Å². The third-order valence-corrected chi connectivity index (χ3v) is 2.26. The van der Waals surface area contributed by atoms with Crippen LogP contribution in [0.25, 0.3) is 0 Å². The van der Waals surface area contributed by atoms with Crippen molar-refractivity contribution in [1.29, 1.82) is 0 Å². The third kappa shape index (κ3) is 1.68. The Labute approximate surface area is 87.2 Å². The van der Waals surface area contributed by atoms with Gasteiger partial charge in [0.1, 0.15) is 0 Å². The van der Waals surface area contributed by atoms with Crippen molar-refractivity contribution in [2.24, 2.45) is 14.1 Å². The van der Waals surface area contributed by atoms with E-state index in [0.29, 0.717) is 0 Å². The molecule has 0 aliphatic carbocycles. The lowest BCUT2D eigenvalue weighted by molar-refractivity contribution is -0.279. The van der Waals surface area contributed by atoms with Crippen LogP contribution in [-0.2, 0) is 14.1 Å². The second-order valence-electron chi connectivity index (χ2n) is 4.37. The summed E-state index contributed by atoms with van der Waals surface area (Å²) in [6, 6.07) is 0. The summed E-state index contributed by atoms with van der Waals surface area (Å²) < 4.78 is 1.99. The Bertz CT molecular complexity index is 505. The monoisotopic (exact) mass is 213 g/mol. The molecule has 0 bridgehead atoms. The molecule has 0 saturated carbocycles. The van der Waals surface area contributed by atoms with Gasteiger partial charge in [-0.05, 0) is 0 Å². The second kappa shape index (κ2) is 3.23. The summed E-state index contributed by atoms with van der Waals surface area (Å²) in [5.41, 5.74) is -1.04. The molecule has 0 aromatic carbocycles. The molecule has 0 spiro atoms. The number of aromatic nitrogens is 2. The number of hydrogen-bond acceptors (Lipinski definition) is 3. The molecule has 0 amide bonds. The molecule has 84 valence electrons. The molecule has 0 fully saturated rings. The maximum atomic E-state index is 11.7. The van der Waals surface area contributed by atoms with E-state index in [-0.39, 0.29) is 10.2 Å². The molecule has 1 aromatic rings. The van der Waals surface area contributed by atoms with Gasteiger partial charge in [-0.25, -0.2) is 4.79 Å². The van der Waals surface area contributed by atoms with Crippen LogP contribution in [0.2, 0.25) is 0 Å². The van der Waals surface area contributed by atoms with Gasteiger partial charge in [0.2, 0.25) is 5.69 Å². The van der Waals surface area contributed by atoms with Crippen LogP contribution >= 0.6 is 0 Å². The average molecular weight is 213 g/mol. The Hall–Kier alpha value is -1.56. The first-order chi connectivity index (χ1) is 6.68. The van der Waals surface area contributed by atoms with Crippen LogP contribution in [-0.4, -0.2) is 30.3 Å². The molecular weight excluding hydrogens is 198 g/mol. The fourth-order valence-corrected chi connectivity index (χ4v) is 1.38. The largest absolute Gasteiger partial charge is 0.856 e. The summed E-state index contributed by atoms with van der Waals surface area (Å²) in [4.78, 5) is 23.2. The van der Waals surface area contributed by atoms with E-state index >= 15 is 0 Å². The molecule has 6 heteroatoms. The molecule has 0 saturated heterocycles. The van der Waals surface area contributed by atoms with Crippen molar-refractivity contribution < 1.29 is 5.11 Å². The van der Waals surface area contributed by atoms with Gasteiger partial charge in [0, 0.05) is 20.0 Å². The van der Waals surface area contributed by atoms with Crippen molar-refractivity contribution >= 4 is 5.69 Å². The van der Waals surface area contributed by atoms with Gasteiger partial charge in [0.25, 0.3) is 0 Å². The maximum Gasteiger partial charge on any atom is 0.330 e. The zero-order valence-corrected chi connectivity index (χ0v) is 9.57. The van der Waals surface area contributed by atoms with Crippen molar-refractivity contribution in [1.82, 2.24) is 13.6 Å². The van der Waals surface area contributed by atoms with Crippen molar-refractivity contribution in [2.45, 2.75) is 0 Å². The van der Waals surface area contributed by atoms with Crippen molar-refractivity contribution in [3.05, 3.63) is 20.8 Å². The van der Waals surface area contributed by atoms with Crippen LogP contribution in [0.4, 0.5) is 5.69 Å². The van der Waals surface area contributed by atoms with Crippen LogP contribution < -0.4 is 20.8 Å². The Morgan fingerprint density at radius 2 is 1.53 bits per heavy atom. The van der Waals surface area contributed by atoms with E-state index in [9.17, 15) is 14.7 Å². The molecule has 1 aromatic heterocycles. The van der Waals surface area contributed by atoms with Crippen LogP contribution in [0, 0.1) is 0 Å². The van der Waals surface area contributed by atoms with E-state index < -0.39 is 17.1 Å². The number of hydrogen-bond donors (Lipinski definition) is 0. The Kier molecular flexibility index (Phi) is 2.48. The van der Waals surface area contributed by atoms with Gasteiger partial charge in [-0.1, -0.05) is 0 Å². The number of nitrogens with zero attached hydrogens (tertiary/aromatic N) is 3. The number of rotatable bonds is 1. The van der Waals surface area contributed by atoms with Gasteiger partial charge in [-0.3, -0.25) is 13.8 Å². The highest BCUT2D eigenvalue weighted by molar-refractivity contribution is 5.47. The van der Waals surface area contributed by atoms with Crippen LogP contribution in [0.1, 0.15) is 0 Å². The second-order valence-corrected chi connectivity index (χ2v) is 4.37. The Morgan fingerprint density at radius 3 is 1.93 bits per heavy atom. The highest BCUT2D eigenvalue weighted by atomic mass is 16.3. The highest BCUT2D eigenvalue weighted by Gasteiger charge is 2.22. The molecule has 1 rings (SSSR count). The van der Waals surface area contributed by atoms with Crippen LogP contribution in [0.3, 0.4) is 0 Å². The van der Waals surface area contributed by atoms with E-state index in [2.05, 4.69) is 0 Å². The number of quaternary nitrogens is 1. The summed E-state index contributed by atoms with van der Waals surface area (Å²) in [6.45, 7) is 0. The van der Waals surface area contributed by atoms with Gasteiger partial charge in [-0.2, -0.15) is 0 Å². The topological polar surface area (TPSA) is 67.1 Å². The van der Waals surface area contributed by atoms with Crippen LogP contribution in [0.5, 0.6) is 5.88 Å². The van der Waals surface area contributed by atoms with Crippen LogP contribution in [0.15, 0.2) is 9.59 Å². The van der Waals surface area contributed by atoms with Gasteiger partial charge in [-0.15, -0.1) is 0 Å². The predicted molar refractivity (Wildman–Crippen MR) is 55.9 cm³/mol. The zero-order chi connectivity index (χ0) is 12.0. The molecule has 1 heterocycles. The SMILES string of the molecule is Cn1c([O-])c([N+](C)(C)C)c(=O)n(C)c1=O. The molecule has 15 heavy (non-hydrogen) atoms. The quantitative estimate of drug-likeness (QED) is 0.525. The lowest BCUT2D eigenvalue weighted by Crippen LogP contribution is -2.47. The average Bonchev–Trinajstić information content (AvgIpc) is 2.09. The smallest absolute Gasteiger partial charge is 0.330 e. The van der Waals surface area contributed by atoms with E-state index in [0.717, 1.165) is 9.13 Å². The summed E-state index contributed by atoms with van der Waals surface area (Å²) in [5, 5.41) is 11.7. The summed E-state index contributed by atoms with van der Waals surface area (Å²) >= 11 is 0. The standard InChI is InChI=1S/C9H15N3O3/c1-10-7(13)6(12(3,4)5)8(14)11(2)9(10)15/h1-5H3. The lowest BCUT2D eigenvalue weighted by atomic mass is 10.4. The van der Waals surface area contributed by atoms with E-state index in [1.165, 1.54) is 14.1 Å². The molecule has 0 aliphatic heterocycles. The Balaban J connectivity index is 3.85. The third-order valence-electron chi connectivity index (χ3n) is 2.26. The summed E-state index contributed by atoms with van der Waals surface area (Å²) in [5.74, 6) is -0.532. The molecule has 0 atom stereocenters. The summed E-state index contributed by atoms with van der Waals surface area (Å²) in [7, 11) is 7.86. The van der Waals surface area contributed by atoms with E-state index in [1.807, 2.05) is 0 Å². The van der Waals surface area contributed by atoms with E-state index in [1.54, 1.807) is 21.1 Å². The zero-order valence-electron chi connectivity index (χ0n) is 9.57. The van der Waals surface area contributed by atoms with Gasteiger partial charge < -0.3 is 9.67 Å². The molecule has 0 radical (unpaired) electrons. The summed E-state index contributed by atoms with van der Waals surface area (Å²) in [6.07, 6.45) is 0. The Morgan fingerprint density at radius 1 is 1.07 bits per heavy atom. The minimum absolute atomic E-state index is 0.0830. The lowest BCUT2D eigenvalue weighted by Gasteiger charge is -2.28. The molecular formula is C9H15N3O3. The molecule has 0 unspecified atom stereocenters. The minimum Gasteiger partial charge on any atom is -0.856 e. The molecule has 0 aliphatic rings. The maximum absolute atomic E-state index is 11.7. The van der Waals surface area contributed by atoms with Crippen molar-refractivity contribution in [2.75, 3.05) is 21.1 Å². The first-order valence-corrected chi connectivity index (χ1v) is 4.47. The van der Waals surface area contributed by atoms with E-state index in [4.69, 9.17) is 0 Å². The highest BCUT2D eigenvalue weighted by Crippen LogP contribution is 2.18. The first-order valence-electron chi connectivity index (χ1n) is 4.47. The van der Waals surface area contributed by atoms with Crippen molar-refractivity contribution in [3.63, 3.8) is 0 Å². The normalized spacial score (nSPS) is 11.8. The van der Waals surface area contributed by atoms with Gasteiger partial charge in [0.15, 0.2) is 0 Å². The van der Waals surface area contributed by atoms with Crippen molar-refractivity contribution in [3.8, 4) is 5.88 Å². The first kappa shape index (κ1) is 11.5. The fraction of sp³-hybridized carbons (Fsp3) is 0.556. The van der Waals surface area contributed by atoms with Gasteiger partial charge >= 0.3 is 11.2 Å².